The number of nitrogens with one attached hydrogen (secondary N) is 1. The summed E-state index contributed by atoms with van der Waals surface area (Å²) >= 11 is 3.36. The van der Waals surface area contributed by atoms with Gasteiger partial charge in [-0.2, -0.15) is 0 Å². The fourth-order valence-corrected chi connectivity index (χ4v) is 2.40. The maximum Gasteiger partial charge on any atom is 0.252 e. The van der Waals surface area contributed by atoms with Gasteiger partial charge in [0.1, 0.15) is 0 Å². The molecule has 3 nitrogen and oxygen atoms in total. The fraction of sp³-hybridized carbons (Fsp3) is 0.462. The molecule has 0 spiro atoms. The molecule has 2 N–H and O–H groups in total. The lowest BCUT2D eigenvalue weighted by atomic mass is 10.0. The van der Waals surface area contributed by atoms with Crippen molar-refractivity contribution in [3.05, 3.63) is 34.3 Å². The molecule has 4 heteroatoms. The highest BCUT2D eigenvalue weighted by Crippen LogP contribution is 2.47. The zero-order chi connectivity index (χ0) is 12.3. The summed E-state index contributed by atoms with van der Waals surface area (Å²) in [6.07, 6.45) is 2.98. The third-order valence-electron chi connectivity index (χ3n) is 3.34. The zero-order valence-electron chi connectivity index (χ0n) is 9.58. The van der Waals surface area contributed by atoms with E-state index in [1.807, 2.05) is 18.2 Å². The highest BCUT2D eigenvalue weighted by atomic mass is 79.9. The molecule has 17 heavy (non-hydrogen) atoms. The third-order valence-corrected chi connectivity index (χ3v) is 4.03. The number of rotatable bonds is 5. The quantitative estimate of drug-likeness (QED) is 0.876. The van der Waals surface area contributed by atoms with Gasteiger partial charge in [-0.1, -0.05) is 12.1 Å². The van der Waals surface area contributed by atoms with Gasteiger partial charge in [0.25, 0.3) is 5.91 Å². The van der Waals surface area contributed by atoms with Crippen LogP contribution in [-0.4, -0.2) is 24.2 Å². The highest BCUT2D eigenvalue weighted by molar-refractivity contribution is 9.10. The van der Waals surface area contributed by atoms with E-state index in [4.69, 9.17) is 5.11 Å². The first kappa shape index (κ1) is 12.6. The number of amides is 1. The van der Waals surface area contributed by atoms with Crippen LogP contribution in [0.15, 0.2) is 28.7 Å². The molecule has 1 saturated carbocycles. The number of hydrogen-bond acceptors (Lipinski definition) is 2. The van der Waals surface area contributed by atoms with Gasteiger partial charge in [-0.05, 0) is 52.7 Å². The van der Waals surface area contributed by atoms with E-state index in [1.165, 1.54) is 0 Å². The highest BCUT2D eigenvalue weighted by Gasteiger charge is 2.41. The fourth-order valence-electron chi connectivity index (χ4n) is 1.94. The lowest BCUT2D eigenvalue weighted by Gasteiger charge is -2.14. The molecule has 0 unspecified atom stereocenters. The monoisotopic (exact) mass is 297 g/mol. The molecule has 1 aliphatic rings. The first-order valence-electron chi connectivity index (χ1n) is 5.80. The molecule has 1 amide bonds. The van der Waals surface area contributed by atoms with Gasteiger partial charge < -0.3 is 10.4 Å². The predicted octanol–water partition coefficient (Wildman–Crippen LogP) is 2.34. The molecular formula is C13H16BrNO2. The van der Waals surface area contributed by atoms with E-state index in [9.17, 15) is 4.79 Å². The summed E-state index contributed by atoms with van der Waals surface area (Å²) in [5.74, 6) is -0.0540. The average molecular weight is 298 g/mol. The Morgan fingerprint density at radius 3 is 2.71 bits per heavy atom. The van der Waals surface area contributed by atoms with Crippen molar-refractivity contribution in [1.29, 1.82) is 0 Å². The van der Waals surface area contributed by atoms with Crippen LogP contribution in [0.1, 0.15) is 29.6 Å². The molecule has 0 bridgehead atoms. The standard InChI is InChI=1S/C13H16BrNO2/c14-11-4-2-1-3-10(11)12(17)15-9-13(5-6-13)7-8-16/h1-4,16H,5-9H2,(H,15,17). The molecule has 0 aromatic heterocycles. The lowest BCUT2D eigenvalue weighted by molar-refractivity contribution is 0.0940. The maximum absolute atomic E-state index is 11.9. The summed E-state index contributed by atoms with van der Waals surface area (Å²) in [5, 5.41) is 11.9. The number of hydrogen-bond donors (Lipinski definition) is 2. The van der Waals surface area contributed by atoms with E-state index in [-0.39, 0.29) is 17.9 Å². The molecule has 1 fully saturated rings. The Labute approximate surface area is 109 Å². The van der Waals surface area contributed by atoms with Crippen LogP contribution in [0.25, 0.3) is 0 Å². The lowest BCUT2D eigenvalue weighted by Crippen LogP contribution is -2.30. The Morgan fingerprint density at radius 2 is 2.12 bits per heavy atom. The van der Waals surface area contributed by atoms with Crippen molar-refractivity contribution in [3.8, 4) is 0 Å². The third kappa shape index (κ3) is 3.07. The molecule has 1 aliphatic carbocycles. The Morgan fingerprint density at radius 1 is 1.41 bits per heavy atom. The Hall–Kier alpha value is -0.870. The van der Waals surface area contributed by atoms with Gasteiger partial charge in [0, 0.05) is 17.6 Å². The Balaban J connectivity index is 1.92. The summed E-state index contributed by atoms with van der Waals surface area (Å²) in [6.45, 7) is 0.860. The number of halogens is 1. The maximum atomic E-state index is 11.9. The van der Waals surface area contributed by atoms with Crippen LogP contribution < -0.4 is 5.32 Å². The second-order valence-electron chi connectivity index (χ2n) is 4.64. The van der Waals surface area contributed by atoms with E-state index in [2.05, 4.69) is 21.2 Å². The van der Waals surface area contributed by atoms with Crippen molar-refractivity contribution in [3.63, 3.8) is 0 Å². The summed E-state index contributed by atoms with van der Waals surface area (Å²) in [7, 11) is 0. The smallest absolute Gasteiger partial charge is 0.252 e. The van der Waals surface area contributed by atoms with Crippen LogP contribution >= 0.6 is 15.9 Å². The first-order chi connectivity index (χ1) is 8.17. The number of carbonyl (C=O) groups excluding carboxylic acids is 1. The molecule has 0 radical (unpaired) electrons. The summed E-state index contributed by atoms with van der Waals surface area (Å²) in [6, 6.07) is 7.38. The van der Waals surface area contributed by atoms with Crippen LogP contribution in [0.2, 0.25) is 0 Å². The second-order valence-corrected chi connectivity index (χ2v) is 5.49. The van der Waals surface area contributed by atoms with E-state index in [0.29, 0.717) is 12.1 Å². The van der Waals surface area contributed by atoms with Crippen molar-refractivity contribution < 1.29 is 9.90 Å². The summed E-state index contributed by atoms with van der Waals surface area (Å²) < 4.78 is 0.810. The molecular weight excluding hydrogens is 282 g/mol. The molecule has 0 heterocycles. The summed E-state index contributed by atoms with van der Waals surface area (Å²) in [5.41, 5.74) is 0.818. The van der Waals surface area contributed by atoms with Gasteiger partial charge in [0.05, 0.1) is 5.56 Å². The van der Waals surface area contributed by atoms with Gasteiger partial charge in [-0.25, -0.2) is 0 Å². The Kier molecular flexibility index (Phi) is 3.84. The van der Waals surface area contributed by atoms with Crippen LogP contribution in [0.4, 0.5) is 0 Å². The minimum absolute atomic E-state index is 0.0540. The van der Waals surface area contributed by atoms with Gasteiger partial charge in [0.2, 0.25) is 0 Å². The minimum Gasteiger partial charge on any atom is -0.396 e. The molecule has 92 valence electrons. The van der Waals surface area contributed by atoms with Gasteiger partial charge in [0.15, 0.2) is 0 Å². The minimum atomic E-state index is -0.0540. The van der Waals surface area contributed by atoms with E-state index >= 15 is 0 Å². The van der Waals surface area contributed by atoms with Crippen molar-refractivity contribution >= 4 is 21.8 Å². The zero-order valence-corrected chi connectivity index (χ0v) is 11.2. The molecule has 0 saturated heterocycles. The molecule has 1 aromatic rings. The van der Waals surface area contributed by atoms with Gasteiger partial charge in [-0.3, -0.25) is 4.79 Å². The number of carbonyl (C=O) groups is 1. The second kappa shape index (κ2) is 5.19. The Bertz CT molecular complexity index is 416. The molecule has 0 atom stereocenters. The van der Waals surface area contributed by atoms with Gasteiger partial charge >= 0.3 is 0 Å². The molecule has 1 aromatic carbocycles. The van der Waals surface area contributed by atoms with E-state index in [0.717, 1.165) is 23.7 Å². The largest absolute Gasteiger partial charge is 0.396 e. The molecule has 2 rings (SSSR count). The van der Waals surface area contributed by atoms with Crippen molar-refractivity contribution in [1.82, 2.24) is 5.32 Å². The van der Waals surface area contributed by atoms with Crippen molar-refractivity contribution in [2.75, 3.05) is 13.2 Å². The van der Waals surface area contributed by atoms with Crippen molar-refractivity contribution in [2.45, 2.75) is 19.3 Å². The molecule has 0 aliphatic heterocycles. The van der Waals surface area contributed by atoms with Crippen LogP contribution in [0.5, 0.6) is 0 Å². The first-order valence-corrected chi connectivity index (χ1v) is 6.60. The summed E-state index contributed by atoms with van der Waals surface area (Å²) in [4.78, 5) is 11.9. The number of aliphatic hydroxyl groups excluding tert-OH is 1. The van der Waals surface area contributed by atoms with Crippen LogP contribution in [0.3, 0.4) is 0 Å². The normalized spacial score (nSPS) is 16.6. The van der Waals surface area contributed by atoms with Crippen molar-refractivity contribution in [2.24, 2.45) is 5.41 Å². The predicted molar refractivity (Wildman–Crippen MR) is 69.8 cm³/mol. The number of aliphatic hydroxyl groups is 1. The number of benzene rings is 1. The average Bonchev–Trinajstić information content (AvgIpc) is 3.08. The van der Waals surface area contributed by atoms with E-state index < -0.39 is 0 Å². The van der Waals surface area contributed by atoms with Crippen LogP contribution in [0, 0.1) is 5.41 Å². The topological polar surface area (TPSA) is 49.3 Å². The van der Waals surface area contributed by atoms with Crippen LogP contribution in [-0.2, 0) is 0 Å². The van der Waals surface area contributed by atoms with Gasteiger partial charge in [-0.15, -0.1) is 0 Å². The SMILES string of the molecule is O=C(NCC1(CCO)CC1)c1ccccc1Br. The van der Waals surface area contributed by atoms with E-state index in [1.54, 1.807) is 6.07 Å².